The standard InChI is InChI=1S/C16H21NO3/c1-4-9-20-12-7-5-11(6-8-12)15(19)17-13-10-14(18)16(13,2)3/h4-8,13-14,18H,1,9-10H2,2-3H3,(H,17,19). The van der Waals surface area contributed by atoms with Crippen molar-refractivity contribution in [1.29, 1.82) is 0 Å². The number of carbonyl (C=O) groups is 1. The largest absolute Gasteiger partial charge is 0.490 e. The molecule has 1 saturated carbocycles. The van der Waals surface area contributed by atoms with E-state index in [2.05, 4.69) is 11.9 Å². The first-order chi connectivity index (χ1) is 9.45. The molecule has 0 spiro atoms. The van der Waals surface area contributed by atoms with Gasteiger partial charge in [0.05, 0.1) is 6.10 Å². The normalized spacial score (nSPS) is 23.6. The van der Waals surface area contributed by atoms with Gasteiger partial charge < -0.3 is 15.2 Å². The first-order valence-corrected chi connectivity index (χ1v) is 6.78. The molecule has 1 amide bonds. The lowest BCUT2D eigenvalue weighted by Crippen LogP contribution is -2.61. The van der Waals surface area contributed by atoms with Crippen LogP contribution in [0.3, 0.4) is 0 Å². The number of benzene rings is 1. The predicted molar refractivity (Wildman–Crippen MR) is 77.8 cm³/mol. The maximum atomic E-state index is 12.1. The molecule has 20 heavy (non-hydrogen) atoms. The van der Waals surface area contributed by atoms with E-state index in [0.29, 0.717) is 24.3 Å². The second-order valence-corrected chi connectivity index (χ2v) is 5.72. The quantitative estimate of drug-likeness (QED) is 0.809. The van der Waals surface area contributed by atoms with Gasteiger partial charge in [0.2, 0.25) is 0 Å². The van der Waals surface area contributed by atoms with Crippen molar-refractivity contribution in [2.24, 2.45) is 5.41 Å². The number of amides is 1. The Morgan fingerprint density at radius 1 is 1.50 bits per heavy atom. The van der Waals surface area contributed by atoms with Crippen LogP contribution in [0.2, 0.25) is 0 Å². The number of aliphatic hydroxyl groups is 1. The highest BCUT2D eigenvalue weighted by atomic mass is 16.5. The summed E-state index contributed by atoms with van der Waals surface area (Å²) < 4.78 is 5.37. The highest BCUT2D eigenvalue weighted by molar-refractivity contribution is 5.94. The van der Waals surface area contributed by atoms with E-state index in [1.54, 1.807) is 30.3 Å². The molecule has 0 aliphatic heterocycles. The molecule has 2 rings (SSSR count). The summed E-state index contributed by atoms with van der Waals surface area (Å²) in [4.78, 5) is 12.1. The van der Waals surface area contributed by atoms with Crippen LogP contribution in [0.25, 0.3) is 0 Å². The van der Waals surface area contributed by atoms with Crippen molar-refractivity contribution in [1.82, 2.24) is 5.32 Å². The summed E-state index contributed by atoms with van der Waals surface area (Å²) >= 11 is 0. The van der Waals surface area contributed by atoms with Crippen molar-refractivity contribution in [2.45, 2.75) is 32.4 Å². The Balaban J connectivity index is 1.94. The van der Waals surface area contributed by atoms with E-state index in [4.69, 9.17) is 4.74 Å². The van der Waals surface area contributed by atoms with E-state index < -0.39 is 0 Å². The van der Waals surface area contributed by atoms with Gasteiger partial charge in [-0.05, 0) is 30.7 Å². The topological polar surface area (TPSA) is 58.6 Å². The van der Waals surface area contributed by atoms with Crippen molar-refractivity contribution in [3.63, 3.8) is 0 Å². The smallest absolute Gasteiger partial charge is 0.251 e. The molecule has 4 nitrogen and oxygen atoms in total. The average Bonchev–Trinajstić information content (AvgIpc) is 2.45. The number of hydrogen-bond donors (Lipinski definition) is 2. The lowest BCUT2D eigenvalue weighted by atomic mass is 9.64. The number of aliphatic hydroxyl groups excluding tert-OH is 1. The Hall–Kier alpha value is -1.81. The third-order valence-corrected chi connectivity index (χ3v) is 4.01. The molecule has 1 aliphatic rings. The third kappa shape index (κ3) is 2.85. The van der Waals surface area contributed by atoms with Gasteiger partial charge in [0.1, 0.15) is 12.4 Å². The average molecular weight is 275 g/mol. The zero-order valence-corrected chi connectivity index (χ0v) is 11.9. The van der Waals surface area contributed by atoms with Gasteiger partial charge in [-0.3, -0.25) is 4.79 Å². The molecule has 2 N–H and O–H groups in total. The minimum atomic E-state index is -0.345. The van der Waals surface area contributed by atoms with E-state index in [0.717, 1.165) is 0 Å². The van der Waals surface area contributed by atoms with Crippen LogP contribution in [0.4, 0.5) is 0 Å². The van der Waals surface area contributed by atoms with Crippen LogP contribution in [-0.4, -0.2) is 29.8 Å². The molecule has 1 fully saturated rings. The molecule has 0 saturated heterocycles. The molecule has 0 radical (unpaired) electrons. The molecule has 1 aromatic carbocycles. The van der Waals surface area contributed by atoms with Crippen LogP contribution in [0.15, 0.2) is 36.9 Å². The molecule has 0 aromatic heterocycles. The van der Waals surface area contributed by atoms with Crippen molar-refractivity contribution in [3.05, 3.63) is 42.5 Å². The van der Waals surface area contributed by atoms with Gasteiger partial charge in [-0.25, -0.2) is 0 Å². The van der Waals surface area contributed by atoms with Crippen LogP contribution in [0, 0.1) is 5.41 Å². The highest BCUT2D eigenvalue weighted by Gasteiger charge is 2.47. The monoisotopic (exact) mass is 275 g/mol. The number of rotatable bonds is 5. The van der Waals surface area contributed by atoms with Crippen molar-refractivity contribution in [2.75, 3.05) is 6.61 Å². The maximum Gasteiger partial charge on any atom is 0.251 e. The lowest BCUT2D eigenvalue weighted by molar-refractivity contribution is -0.0689. The first-order valence-electron chi connectivity index (χ1n) is 6.78. The fourth-order valence-electron chi connectivity index (χ4n) is 2.25. The summed E-state index contributed by atoms with van der Waals surface area (Å²) in [6.45, 7) is 7.94. The number of carbonyl (C=O) groups excluding carboxylic acids is 1. The Kier molecular flexibility index (Phi) is 4.14. The predicted octanol–water partition coefficient (Wildman–Crippen LogP) is 2.14. The van der Waals surface area contributed by atoms with Crippen LogP contribution < -0.4 is 10.1 Å². The second kappa shape index (κ2) is 5.67. The van der Waals surface area contributed by atoms with Crippen molar-refractivity contribution >= 4 is 5.91 Å². The summed E-state index contributed by atoms with van der Waals surface area (Å²) in [5, 5.41) is 12.6. The zero-order valence-electron chi connectivity index (χ0n) is 11.9. The van der Waals surface area contributed by atoms with E-state index in [1.807, 2.05) is 13.8 Å². The van der Waals surface area contributed by atoms with Gasteiger partial charge in [0.15, 0.2) is 0 Å². The highest BCUT2D eigenvalue weighted by Crippen LogP contribution is 2.40. The van der Waals surface area contributed by atoms with Crippen molar-refractivity contribution in [3.8, 4) is 5.75 Å². The fourth-order valence-corrected chi connectivity index (χ4v) is 2.25. The number of nitrogens with one attached hydrogen (secondary N) is 1. The number of ether oxygens (including phenoxy) is 1. The summed E-state index contributed by atoms with van der Waals surface area (Å²) in [7, 11) is 0. The summed E-state index contributed by atoms with van der Waals surface area (Å²) in [6.07, 6.45) is 1.94. The minimum absolute atomic E-state index is 0.0155. The Bertz CT molecular complexity index is 493. The van der Waals surface area contributed by atoms with Crippen LogP contribution in [0.1, 0.15) is 30.6 Å². The molecule has 2 unspecified atom stereocenters. The van der Waals surface area contributed by atoms with Gasteiger partial charge in [-0.15, -0.1) is 0 Å². The Morgan fingerprint density at radius 3 is 2.65 bits per heavy atom. The third-order valence-electron chi connectivity index (χ3n) is 4.01. The molecular weight excluding hydrogens is 254 g/mol. The molecule has 0 heterocycles. The van der Waals surface area contributed by atoms with E-state index in [9.17, 15) is 9.90 Å². The van der Waals surface area contributed by atoms with Crippen LogP contribution >= 0.6 is 0 Å². The number of hydrogen-bond acceptors (Lipinski definition) is 3. The van der Waals surface area contributed by atoms with Gasteiger partial charge in [-0.2, -0.15) is 0 Å². The first kappa shape index (κ1) is 14.6. The van der Waals surface area contributed by atoms with Crippen molar-refractivity contribution < 1.29 is 14.6 Å². The molecule has 0 bridgehead atoms. The van der Waals surface area contributed by atoms with Gasteiger partial charge in [0, 0.05) is 17.0 Å². The van der Waals surface area contributed by atoms with Gasteiger partial charge in [0.25, 0.3) is 5.91 Å². The summed E-state index contributed by atoms with van der Waals surface area (Å²) in [5.74, 6) is 0.589. The molecule has 4 heteroatoms. The lowest BCUT2D eigenvalue weighted by Gasteiger charge is -2.49. The van der Waals surface area contributed by atoms with Crippen LogP contribution in [0.5, 0.6) is 5.75 Å². The second-order valence-electron chi connectivity index (χ2n) is 5.72. The van der Waals surface area contributed by atoms with E-state index in [-0.39, 0.29) is 23.5 Å². The molecule has 1 aliphatic carbocycles. The Morgan fingerprint density at radius 2 is 2.15 bits per heavy atom. The van der Waals surface area contributed by atoms with E-state index in [1.165, 1.54) is 0 Å². The van der Waals surface area contributed by atoms with E-state index >= 15 is 0 Å². The van der Waals surface area contributed by atoms with Gasteiger partial charge in [-0.1, -0.05) is 26.5 Å². The molecule has 108 valence electrons. The van der Waals surface area contributed by atoms with Crippen LogP contribution in [-0.2, 0) is 0 Å². The minimum Gasteiger partial charge on any atom is -0.490 e. The summed E-state index contributed by atoms with van der Waals surface area (Å²) in [6, 6.07) is 7.01. The fraction of sp³-hybridized carbons (Fsp3) is 0.438. The molecule has 1 aromatic rings. The Labute approximate surface area is 119 Å². The van der Waals surface area contributed by atoms with Gasteiger partial charge >= 0.3 is 0 Å². The molecular formula is C16H21NO3. The zero-order chi connectivity index (χ0) is 14.8. The molecule has 2 atom stereocenters. The summed E-state index contributed by atoms with van der Waals surface area (Å²) in [5.41, 5.74) is 0.330. The maximum absolute atomic E-state index is 12.1. The SMILES string of the molecule is C=CCOc1ccc(C(=O)NC2CC(O)C2(C)C)cc1.